The number of amides is 2. The Bertz CT molecular complexity index is 1680. The highest BCUT2D eigenvalue weighted by Crippen LogP contribution is 2.50. The van der Waals surface area contributed by atoms with Gasteiger partial charge in [-0.05, 0) is 22.0 Å². The van der Waals surface area contributed by atoms with Crippen molar-refractivity contribution in [3.63, 3.8) is 0 Å². The van der Waals surface area contributed by atoms with Crippen LogP contribution in [0.2, 0.25) is 0 Å². The minimum atomic E-state index is -2.94. The lowest BCUT2D eigenvalue weighted by Crippen LogP contribution is -2.39. The van der Waals surface area contributed by atoms with Crippen LogP contribution in [-0.2, 0) is 9.59 Å². The molecule has 2 saturated carbocycles. The molecule has 2 fully saturated rings. The minimum Gasteiger partial charge on any atom is -0.346 e. The van der Waals surface area contributed by atoms with Crippen molar-refractivity contribution in [2.75, 3.05) is 0 Å². The molecule has 2 aliphatic rings. The Balaban J connectivity index is 1.13. The summed E-state index contributed by atoms with van der Waals surface area (Å²) in [4.78, 5) is 40.6. The Kier molecular flexibility index (Phi) is 8.07. The SMILES string of the molecule is CC(C)(C)[C@H](NC(=O)C1CC1(F)F)c1nc(-c2ccc(-c3ccc(-c4c[nH]c([C@@H](NC(=O)C5CC5(F)F)C(C)(C)C)n4)cc3)cc2)c[nH]1. The Morgan fingerprint density at radius 2 is 0.938 bits per heavy atom. The third kappa shape index (κ3) is 6.88. The van der Waals surface area contributed by atoms with Gasteiger partial charge in [0.25, 0.3) is 11.8 Å². The molecule has 2 unspecified atom stereocenters. The number of nitrogens with zero attached hydrogens (tertiary/aromatic N) is 2. The van der Waals surface area contributed by atoms with Gasteiger partial charge in [0.15, 0.2) is 0 Å². The van der Waals surface area contributed by atoms with Crippen molar-refractivity contribution in [1.82, 2.24) is 30.6 Å². The van der Waals surface area contributed by atoms with Crippen molar-refractivity contribution in [2.45, 2.75) is 78.3 Å². The van der Waals surface area contributed by atoms with E-state index in [0.29, 0.717) is 23.0 Å². The maximum absolute atomic E-state index is 13.5. The number of aromatic amines is 2. The maximum atomic E-state index is 13.5. The Hall–Kier alpha value is -4.48. The predicted octanol–water partition coefficient (Wildman–Crippen LogP) is 7.85. The van der Waals surface area contributed by atoms with E-state index in [4.69, 9.17) is 9.97 Å². The highest BCUT2D eigenvalue weighted by Gasteiger charge is 2.62. The summed E-state index contributed by atoms with van der Waals surface area (Å²) < 4.78 is 54.0. The molecule has 2 heterocycles. The van der Waals surface area contributed by atoms with E-state index in [0.717, 1.165) is 22.3 Å². The molecule has 8 nitrogen and oxygen atoms in total. The van der Waals surface area contributed by atoms with E-state index in [9.17, 15) is 27.2 Å². The second-order valence-electron chi connectivity index (χ2n) is 15.1. The van der Waals surface area contributed by atoms with Crippen LogP contribution in [0.25, 0.3) is 33.6 Å². The van der Waals surface area contributed by atoms with Crippen LogP contribution in [0.3, 0.4) is 0 Å². The standard InChI is InChI=1S/C36H40F4N6O2/c1-33(2,3)27(45-31(47)23-15-35(23,37)38)29-41-17-25(43-29)21-11-7-19(8-12-21)20-9-13-22(14-10-20)26-18-42-30(44-26)28(34(4,5)6)46-32(48)24-16-36(24,39)40/h7-14,17-18,23-24,27-28H,15-16H2,1-6H3,(H,41,43)(H,42,44)(H,45,47)(H,46,48)/t23?,24?,27-,28-/m1/s1. The topological polar surface area (TPSA) is 116 Å². The molecule has 2 aromatic carbocycles. The van der Waals surface area contributed by atoms with Gasteiger partial charge in [0.2, 0.25) is 11.8 Å². The average molecular weight is 665 g/mol. The number of carbonyl (C=O) groups is 2. The van der Waals surface area contributed by atoms with Gasteiger partial charge in [-0.25, -0.2) is 27.5 Å². The second kappa shape index (κ2) is 11.6. The van der Waals surface area contributed by atoms with Gasteiger partial charge in [0, 0.05) is 36.4 Å². The minimum absolute atomic E-state index is 0.426. The molecule has 4 atom stereocenters. The zero-order chi connectivity index (χ0) is 34.8. The van der Waals surface area contributed by atoms with E-state index in [2.05, 4.69) is 20.6 Å². The van der Waals surface area contributed by atoms with Crippen LogP contribution < -0.4 is 10.6 Å². The number of imidazole rings is 2. The molecule has 2 aliphatic carbocycles. The number of halogens is 4. The first-order chi connectivity index (χ1) is 22.3. The number of benzene rings is 2. The van der Waals surface area contributed by atoms with Gasteiger partial charge in [0.1, 0.15) is 23.5 Å². The Morgan fingerprint density at radius 3 is 1.21 bits per heavy atom. The monoisotopic (exact) mass is 664 g/mol. The van der Waals surface area contributed by atoms with E-state index in [1.165, 1.54) is 0 Å². The zero-order valence-corrected chi connectivity index (χ0v) is 27.7. The zero-order valence-electron chi connectivity index (χ0n) is 27.7. The van der Waals surface area contributed by atoms with Gasteiger partial charge >= 0.3 is 0 Å². The first kappa shape index (κ1) is 33.4. The molecule has 0 bridgehead atoms. The van der Waals surface area contributed by atoms with Gasteiger partial charge < -0.3 is 20.6 Å². The van der Waals surface area contributed by atoms with Crippen LogP contribution in [0.5, 0.6) is 0 Å². The molecule has 0 aliphatic heterocycles. The van der Waals surface area contributed by atoms with Crippen LogP contribution in [0.1, 0.15) is 78.1 Å². The number of H-pyrrole nitrogens is 2. The highest BCUT2D eigenvalue weighted by molar-refractivity contribution is 5.84. The van der Waals surface area contributed by atoms with Gasteiger partial charge in [0.05, 0.1) is 23.5 Å². The fourth-order valence-electron chi connectivity index (χ4n) is 5.80. The van der Waals surface area contributed by atoms with Crippen LogP contribution >= 0.6 is 0 Å². The smallest absolute Gasteiger partial charge is 0.260 e. The van der Waals surface area contributed by atoms with Crippen LogP contribution in [0, 0.1) is 22.7 Å². The summed E-state index contributed by atoms with van der Waals surface area (Å²) in [6.45, 7) is 11.5. The number of aromatic nitrogens is 4. The molecule has 0 spiro atoms. The van der Waals surface area contributed by atoms with Crippen LogP contribution in [0.4, 0.5) is 17.6 Å². The summed E-state index contributed by atoms with van der Waals surface area (Å²) in [6.07, 6.45) is 2.63. The predicted molar refractivity (Wildman–Crippen MR) is 174 cm³/mol. The lowest BCUT2D eigenvalue weighted by molar-refractivity contribution is -0.127. The number of nitrogens with one attached hydrogen (secondary N) is 4. The molecule has 4 N–H and O–H groups in total. The highest BCUT2D eigenvalue weighted by atomic mass is 19.3. The first-order valence-electron chi connectivity index (χ1n) is 16.0. The van der Waals surface area contributed by atoms with Gasteiger partial charge in [-0.3, -0.25) is 9.59 Å². The van der Waals surface area contributed by atoms with E-state index in [1.807, 2.05) is 90.1 Å². The molecule has 48 heavy (non-hydrogen) atoms. The van der Waals surface area contributed by atoms with Crippen molar-refractivity contribution in [3.05, 3.63) is 72.6 Å². The Labute approximate surface area is 276 Å². The van der Waals surface area contributed by atoms with E-state index in [-0.39, 0.29) is 0 Å². The molecular formula is C36H40F4N6O2. The third-order valence-electron chi connectivity index (χ3n) is 9.03. The lowest BCUT2D eigenvalue weighted by Gasteiger charge is -2.30. The first-order valence-corrected chi connectivity index (χ1v) is 16.0. The van der Waals surface area contributed by atoms with Crippen molar-refractivity contribution in [3.8, 4) is 33.6 Å². The molecular weight excluding hydrogens is 624 g/mol. The number of alkyl halides is 4. The van der Waals surface area contributed by atoms with Crippen LogP contribution in [-0.4, -0.2) is 43.6 Å². The molecule has 12 heteroatoms. The third-order valence-corrected chi connectivity index (χ3v) is 9.03. The summed E-state index contributed by atoms with van der Waals surface area (Å²) in [7, 11) is 0. The molecule has 0 saturated heterocycles. The molecule has 2 amide bonds. The Morgan fingerprint density at radius 1 is 0.646 bits per heavy atom. The lowest BCUT2D eigenvalue weighted by atomic mass is 9.86. The second-order valence-corrected chi connectivity index (χ2v) is 15.1. The number of hydrogen-bond acceptors (Lipinski definition) is 4. The fraction of sp³-hybridized carbons (Fsp3) is 0.444. The summed E-state index contributed by atoms with van der Waals surface area (Å²) in [5.74, 6) is -8.80. The maximum Gasteiger partial charge on any atom is 0.260 e. The van der Waals surface area contributed by atoms with E-state index in [1.54, 1.807) is 12.4 Å². The van der Waals surface area contributed by atoms with Gasteiger partial charge in [-0.2, -0.15) is 0 Å². The summed E-state index contributed by atoms with van der Waals surface area (Å²) in [6, 6.07) is 14.5. The normalized spacial score (nSPS) is 20.9. The van der Waals surface area contributed by atoms with Crippen molar-refractivity contribution >= 4 is 11.8 Å². The quantitative estimate of drug-likeness (QED) is 0.136. The summed E-state index contributed by atoms with van der Waals surface area (Å²) in [5.41, 5.74) is 4.03. The number of carbonyl (C=O) groups excluding carboxylic acids is 2. The van der Waals surface area contributed by atoms with Gasteiger partial charge in [-0.1, -0.05) is 90.1 Å². The molecule has 6 rings (SSSR count). The van der Waals surface area contributed by atoms with E-state index >= 15 is 0 Å². The van der Waals surface area contributed by atoms with Crippen molar-refractivity contribution in [2.24, 2.45) is 22.7 Å². The summed E-state index contributed by atoms with van der Waals surface area (Å²) >= 11 is 0. The summed E-state index contributed by atoms with van der Waals surface area (Å²) in [5, 5.41) is 5.54. The van der Waals surface area contributed by atoms with Crippen LogP contribution in [0.15, 0.2) is 60.9 Å². The molecule has 254 valence electrons. The average Bonchev–Trinajstić information content (AvgIpc) is 3.58. The fourth-order valence-corrected chi connectivity index (χ4v) is 5.80. The number of rotatable bonds is 9. The van der Waals surface area contributed by atoms with Crippen molar-refractivity contribution < 1.29 is 27.2 Å². The van der Waals surface area contributed by atoms with Gasteiger partial charge in [-0.15, -0.1) is 0 Å². The van der Waals surface area contributed by atoms with Crippen molar-refractivity contribution in [1.29, 1.82) is 0 Å². The molecule has 4 aromatic rings. The molecule has 2 aromatic heterocycles. The largest absolute Gasteiger partial charge is 0.346 e. The van der Waals surface area contributed by atoms with E-state index < -0.39 is 71.3 Å². The number of hydrogen-bond donors (Lipinski definition) is 4. The molecule has 0 radical (unpaired) electrons.